The molecule has 0 bridgehead atoms. The van der Waals surface area contributed by atoms with Crippen LogP contribution in [0, 0.1) is 5.41 Å². The van der Waals surface area contributed by atoms with Gasteiger partial charge >= 0.3 is 0 Å². The van der Waals surface area contributed by atoms with Gasteiger partial charge in [-0.1, -0.05) is 32.0 Å². The summed E-state index contributed by atoms with van der Waals surface area (Å²) < 4.78 is 0. The quantitative estimate of drug-likeness (QED) is 0.862. The maximum Gasteiger partial charge on any atom is 0.0781 e. The van der Waals surface area contributed by atoms with Gasteiger partial charge in [-0.05, 0) is 25.8 Å². The van der Waals surface area contributed by atoms with Crippen molar-refractivity contribution in [3.8, 4) is 0 Å². The van der Waals surface area contributed by atoms with E-state index in [1.54, 1.807) is 0 Å². The Morgan fingerprint density at radius 1 is 1.24 bits per heavy atom. The molecule has 2 rings (SSSR count). The summed E-state index contributed by atoms with van der Waals surface area (Å²) in [5.41, 5.74) is 2.76. The molecule has 94 valence electrons. The Morgan fingerprint density at radius 2 is 1.82 bits per heavy atom. The summed E-state index contributed by atoms with van der Waals surface area (Å²) in [5.74, 6) is 0. The first-order chi connectivity index (χ1) is 8.12. The zero-order valence-corrected chi connectivity index (χ0v) is 11.1. The second-order valence-electron chi connectivity index (χ2n) is 5.30. The molecule has 0 spiro atoms. The molecule has 1 atom stereocenters. The molecule has 0 amide bonds. The van der Waals surface area contributed by atoms with E-state index < -0.39 is 0 Å². The van der Waals surface area contributed by atoms with Crippen molar-refractivity contribution in [2.75, 3.05) is 18.0 Å². The van der Waals surface area contributed by atoms with Crippen molar-refractivity contribution in [2.45, 2.75) is 39.7 Å². The lowest BCUT2D eigenvalue weighted by Gasteiger charge is -2.51. The Balaban J connectivity index is 2.16. The Bertz CT molecular complexity index is 374. The van der Waals surface area contributed by atoms with Crippen molar-refractivity contribution >= 4 is 5.69 Å². The van der Waals surface area contributed by atoms with Crippen molar-refractivity contribution in [3.05, 3.63) is 29.8 Å². The zero-order chi connectivity index (χ0) is 12.5. The fourth-order valence-corrected chi connectivity index (χ4v) is 2.76. The molecule has 0 aliphatic carbocycles. The number of hydrogen-bond donors (Lipinski definition) is 1. The fraction of sp³-hybridized carbons (Fsp3) is 0.600. The van der Waals surface area contributed by atoms with Crippen molar-refractivity contribution in [2.24, 2.45) is 5.41 Å². The number of anilines is 1. The maximum atomic E-state index is 9.79. The van der Waals surface area contributed by atoms with E-state index in [0.29, 0.717) is 5.41 Å². The van der Waals surface area contributed by atoms with Gasteiger partial charge in [0.15, 0.2) is 0 Å². The van der Waals surface area contributed by atoms with Gasteiger partial charge in [-0.2, -0.15) is 0 Å². The standard InChI is InChI=1S/C15H23NO/c1-4-15(5-2)10-16(11-15)14-9-7-6-8-13(14)12(3)17/h6-9,12,17H,4-5,10-11H2,1-3H3. The summed E-state index contributed by atoms with van der Waals surface area (Å²) in [5, 5.41) is 9.79. The number of benzene rings is 1. The average Bonchev–Trinajstić information content (AvgIpc) is 2.29. The summed E-state index contributed by atoms with van der Waals surface area (Å²) in [4.78, 5) is 2.40. The van der Waals surface area contributed by atoms with Gasteiger partial charge in [0.25, 0.3) is 0 Å². The van der Waals surface area contributed by atoms with E-state index in [9.17, 15) is 5.11 Å². The van der Waals surface area contributed by atoms with Crippen molar-refractivity contribution in [1.29, 1.82) is 0 Å². The summed E-state index contributed by atoms with van der Waals surface area (Å²) in [7, 11) is 0. The number of hydrogen-bond acceptors (Lipinski definition) is 2. The topological polar surface area (TPSA) is 23.5 Å². The minimum absolute atomic E-state index is 0.385. The molecule has 0 saturated carbocycles. The maximum absolute atomic E-state index is 9.79. The Kier molecular flexibility index (Phi) is 3.43. The molecule has 1 N–H and O–H groups in total. The van der Waals surface area contributed by atoms with E-state index in [-0.39, 0.29) is 6.10 Å². The molecular weight excluding hydrogens is 210 g/mol. The van der Waals surface area contributed by atoms with E-state index in [4.69, 9.17) is 0 Å². The van der Waals surface area contributed by atoms with Crippen LogP contribution in [-0.4, -0.2) is 18.2 Å². The van der Waals surface area contributed by atoms with Crippen LogP contribution >= 0.6 is 0 Å². The Hall–Kier alpha value is -1.02. The molecular formula is C15H23NO. The molecule has 0 aromatic heterocycles. The molecule has 1 aromatic rings. The molecule has 1 fully saturated rings. The first-order valence-corrected chi connectivity index (χ1v) is 6.64. The normalized spacial score (nSPS) is 19.9. The highest BCUT2D eigenvalue weighted by atomic mass is 16.3. The van der Waals surface area contributed by atoms with Gasteiger partial charge in [0.1, 0.15) is 0 Å². The third-order valence-electron chi connectivity index (χ3n) is 4.28. The minimum atomic E-state index is -0.385. The predicted octanol–water partition coefficient (Wildman–Crippen LogP) is 3.37. The number of para-hydroxylation sites is 1. The second-order valence-corrected chi connectivity index (χ2v) is 5.30. The summed E-state index contributed by atoms with van der Waals surface area (Å²) in [6, 6.07) is 8.20. The molecule has 0 radical (unpaired) electrons. The lowest BCUT2D eigenvalue weighted by Crippen LogP contribution is -2.56. The Labute approximate surface area is 104 Å². The van der Waals surface area contributed by atoms with Gasteiger partial charge in [-0.3, -0.25) is 0 Å². The van der Waals surface area contributed by atoms with Crippen LogP contribution in [0.4, 0.5) is 5.69 Å². The van der Waals surface area contributed by atoms with Gasteiger partial charge in [0.05, 0.1) is 6.10 Å². The van der Waals surface area contributed by atoms with E-state index in [1.165, 1.54) is 18.5 Å². The molecule has 1 unspecified atom stereocenters. The first-order valence-electron chi connectivity index (χ1n) is 6.64. The van der Waals surface area contributed by atoms with E-state index in [2.05, 4.69) is 30.9 Å². The van der Waals surface area contributed by atoms with Crippen LogP contribution in [0.3, 0.4) is 0 Å². The molecule has 17 heavy (non-hydrogen) atoms. The number of aliphatic hydroxyl groups is 1. The fourth-order valence-electron chi connectivity index (χ4n) is 2.76. The SMILES string of the molecule is CCC1(CC)CN(c2ccccc2C(C)O)C1. The van der Waals surface area contributed by atoms with Crippen LogP contribution in [0.5, 0.6) is 0 Å². The summed E-state index contributed by atoms with van der Waals surface area (Å²) >= 11 is 0. The smallest absolute Gasteiger partial charge is 0.0781 e. The van der Waals surface area contributed by atoms with Crippen molar-refractivity contribution in [3.63, 3.8) is 0 Å². The van der Waals surface area contributed by atoms with Gasteiger partial charge in [0.2, 0.25) is 0 Å². The van der Waals surface area contributed by atoms with Gasteiger partial charge in [-0.15, -0.1) is 0 Å². The summed E-state index contributed by atoms with van der Waals surface area (Å²) in [6.45, 7) is 8.65. The van der Waals surface area contributed by atoms with E-state index in [0.717, 1.165) is 18.7 Å². The number of nitrogens with zero attached hydrogens (tertiary/aromatic N) is 1. The largest absolute Gasteiger partial charge is 0.389 e. The van der Waals surface area contributed by atoms with Gasteiger partial charge < -0.3 is 10.0 Å². The van der Waals surface area contributed by atoms with Crippen LogP contribution < -0.4 is 4.90 Å². The number of aliphatic hydroxyl groups excluding tert-OH is 1. The van der Waals surface area contributed by atoms with Gasteiger partial charge in [0, 0.05) is 29.8 Å². The van der Waals surface area contributed by atoms with Crippen molar-refractivity contribution < 1.29 is 5.11 Å². The van der Waals surface area contributed by atoms with Crippen LogP contribution in [0.15, 0.2) is 24.3 Å². The second kappa shape index (κ2) is 4.69. The van der Waals surface area contributed by atoms with Crippen LogP contribution in [0.2, 0.25) is 0 Å². The third-order valence-corrected chi connectivity index (χ3v) is 4.28. The van der Waals surface area contributed by atoms with Crippen LogP contribution in [-0.2, 0) is 0 Å². The monoisotopic (exact) mass is 233 g/mol. The lowest BCUT2D eigenvalue weighted by atomic mass is 9.74. The first kappa shape index (κ1) is 12.4. The molecule has 1 aliphatic rings. The van der Waals surface area contributed by atoms with E-state index in [1.807, 2.05) is 19.1 Å². The van der Waals surface area contributed by atoms with Crippen LogP contribution in [0.1, 0.15) is 45.3 Å². The molecule has 1 aromatic carbocycles. The van der Waals surface area contributed by atoms with Crippen LogP contribution in [0.25, 0.3) is 0 Å². The molecule has 1 heterocycles. The molecule has 2 heteroatoms. The Morgan fingerprint density at radius 3 is 2.35 bits per heavy atom. The zero-order valence-electron chi connectivity index (χ0n) is 11.1. The lowest BCUT2D eigenvalue weighted by molar-refractivity contribution is 0.185. The molecule has 2 nitrogen and oxygen atoms in total. The van der Waals surface area contributed by atoms with Gasteiger partial charge in [-0.25, -0.2) is 0 Å². The highest BCUT2D eigenvalue weighted by Crippen LogP contribution is 2.41. The summed E-state index contributed by atoms with van der Waals surface area (Å²) in [6.07, 6.45) is 2.11. The average molecular weight is 233 g/mol. The highest BCUT2D eigenvalue weighted by molar-refractivity contribution is 5.57. The number of rotatable bonds is 4. The minimum Gasteiger partial charge on any atom is -0.389 e. The molecule has 1 aliphatic heterocycles. The van der Waals surface area contributed by atoms with E-state index >= 15 is 0 Å². The highest BCUT2D eigenvalue weighted by Gasteiger charge is 2.40. The predicted molar refractivity (Wildman–Crippen MR) is 72.3 cm³/mol. The third kappa shape index (κ3) is 2.19. The molecule has 1 saturated heterocycles. The van der Waals surface area contributed by atoms with Crippen molar-refractivity contribution in [1.82, 2.24) is 0 Å².